The highest BCUT2D eigenvalue weighted by molar-refractivity contribution is 7.09. The predicted octanol–water partition coefficient (Wildman–Crippen LogP) is 1.70. The number of amides is 2. The molecule has 8 heteroatoms. The smallest absolute Gasteiger partial charge is 0.322 e. The molecule has 7 nitrogen and oxygen atoms in total. The molecule has 24 heavy (non-hydrogen) atoms. The Morgan fingerprint density at radius 3 is 2.50 bits per heavy atom. The summed E-state index contributed by atoms with van der Waals surface area (Å²) in [7, 11) is 0. The molecule has 0 aliphatic rings. The van der Waals surface area contributed by atoms with E-state index in [0.717, 1.165) is 17.1 Å². The first kappa shape index (κ1) is 17.6. The second kappa shape index (κ2) is 8.21. The first-order chi connectivity index (χ1) is 11.5. The SMILES string of the molecule is CCc1nc(CC(=O)Nc2ccc(C(=O)NCC(=O)O)cc2)cs1. The number of carboxylic acid groups (broad SMARTS) is 1. The van der Waals surface area contributed by atoms with Crippen LogP contribution in [0.25, 0.3) is 0 Å². The summed E-state index contributed by atoms with van der Waals surface area (Å²) in [5.41, 5.74) is 1.61. The van der Waals surface area contributed by atoms with E-state index in [1.54, 1.807) is 12.1 Å². The largest absolute Gasteiger partial charge is 0.480 e. The second-order valence-electron chi connectivity index (χ2n) is 4.96. The first-order valence-corrected chi connectivity index (χ1v) is 8.19. The summed E-state index contributed by atoms with van der Waals surface area (Å²) in [4.78, 5) is 38.4. The summed E-state index contributed by atoms with van der Waals surface area (Å²) < 4.78 is 0. The van der Waals surface area contributed by atoms with Crippen LogP contribution < -0.4 is 10.6 Å². The van der Waals surface area contributed by atoms with E-state index < -0.39 is 18.4 Å². The number of hydrogen-bond donors (Lipinski definition) is 3. The van der Waals surface area contributed by atoms with Gasteiger partial charge in [-0.25, -0.2) is 4.98 Å². The molecule has 1 aromatic heterocycles. The molecule has 126 valence electrons. The molecule has 0 radical (unpaired) electrons. The monoisotopic (exact) mass is 347 g/mol. The maximum atomic E-state index is 12.0. The molecule has 0 atom stereocenters. The first-order valence-electron chi connectivity index (χ1n) is 7.31. The third kappa shape index (κ3) is 5.17. The lowest BCUT2D eigenvalue weighted by atomic mass is 10.2. The fourth-order valence-electron chi connectivity index (χ4n) is 1.93. The summed E-state index contributed by atoms with van der Waals surface area (Å²) in [5.74, 6) is -1.78. The predicted molar refractivity (Wildman–Crippen MR) is 90.2 cm³/mol. The Morgan fingerprint density at radius 1 is 1.21 bits per heavy atom. The van der Waals surface area contributed by atoms with E-state index in [-0.39, 0.29) is 12.3 Å². The number of thiazole rings is 1. The van der Waals surface area contributed by atoms with Gasteiger partial charge in [0.2, 0.25) is 5.91 Å². The number of aromatic nitrogens is 1. The van der Waals surface area contributed by atoms with Crippen LogP contribution in [0.5, 0.6) is 0 Å². The highest BCUT2D eigenvalue weighted by atomic mass is 32.1. The fourth-order valence-corrected chi connectivity index (χ4v) is 2.67. The van der Waals surface area contributed by atoms with E-state index in [2.05, 4.69) is 15.6 Å². The minimum absolute atomic E-state index is 0.189. The Labute approximate surface area is 142 Å². The molecule has 0 aliphatic heterocycles. The van der Waals surface area contributed by atoms with Crippen LogP contribution in [0.1, 0.15) is 28.0 Å². The highest BCUT2D eigenvalue weighted by Gasteiger charge is 2.09. The normalized spacial score (nSPS) is 10.2. The summed E-state index contributed by atoms with van der Waals surface area (Å²) in [6.45, 7) is 1.57. The van der Waals surface area contributed by atoms with Crippen LogP contribution in [-0.2, 0) is 22.4 Å². The minimum atomic E-state index is -1.11. The van der Waals surface area contributed by atoms with E-state index in [9.17, 15) is 14.4 Å². The molecule has 0 aliphatic carbocycles. The molecule has 2 amide bonds. The van der Waals surface area contributed by atoms with Crippen molar-refractivity contribution in [3.05, 3.63) is 45.9 Å². The molecule has 2 rings (SSSR count). The molecule has 0 bridgehead atoms. The van der Waals surface area contributed by atoms with Gasteiger partial charge in [0.1, 0.15) is 6.54 Å². The molecule has 0 saturated heterocycles. The zero-order valence-corrected chi connectivity index (χ0v) is 13.9. The number of carboxylic acids is 1. The van der Waals surface area contributed by atoms with Gasteiger partial charge in [0, 0.05) is 16.6 Å². The van der Waals surface area contributed by atoms with Crippen molar-refractivity contribution in [1.29, 1.82) is 0 Å². The third-order valence-corrected chi connectivity index (χ3v) is 4.12. The van der Waals surface area contributed by atoms with Crippen molar-refractivity contribution in [3.63, 3.8) is 0 Å². The summed E-state index contributed by atoms with van der Waals surface area (Å²) in [6.07, 6.45) is 1.04. The van der Waals surface area contributed by atoms with Crippen LogP contribution in [0, 0.1) is 0 Å². The van der Waals surface area contributed by atoms with Crippen molar-refractivity contribution in [2.45, 2.75) is 19.8 Å². The number of carbonyl (C=O) groups excluding carboxylic acids is 2. The number of anilines is 1. The van der Waals surface area contributed by atoms with Gasteiger partial charge in [0.15, 0.2) is 0 Å². The second-order valence-corrected chi connectivity index (χ2v) is 5.91. The quantitative estimate of drug-likeness (QED) is 0.706. The van der Waals surface area contributed by atoms with Crippen molar-refractivity contribution in [1.82, 2.24) is 10.3 Å². The molecule has 0 fully saturated rings. The molecule has 0 spiro atoms. The Bertz CT molecular complexity index is 740. The van der Waals surface area contributed by atoms with Gasteiger partial charge in [-0.15, -0.1) is 11.3 Å². The van der Waals surface area contributed by atoms with Gasteiger partial charge in [-0.3, -0.25) is 14.4 Å². The fraction of sp³-hybridized carbons (Fsp3) is 0.250. The van der Waals surface area contributed by atoms with Crippen LogP contribution in [0.15, 0.2) is 29.6 Å². The number of aliphatic carboxylic acids is 1. The van der Waals surface area contributed by atoms with Gasteiger partial charge < -0.3 is 15.7 Å². The Kier molecular flexibility index (Phi) is 6.02. The molecule has 0 unspecified atom stereocenters. The summed E-state index contributed by atoms with van der Waals surface area (Å²) in [6, 6.07) is 6.22. The van der Waals surface area contributed by atoms with Gasteiger partial charge in [-0.2, -0.15) is 0 Å². The number of carbonyl (C=O) groups is 3. The van der Waals surface area contributed by atoms with Crippen molar-refractivity contribution in [3.8, 4) is 0 Å². The van der Waals surface area contributed by atoms with Gasteiger partial charge in [-0.05, 0) is 30.7 Å². The molecular formula is C16H17N3O4S. The van der Waals surface area contributed by atoms with Gasteiger partial charge in [-0.1, -0.05) is 6.92 Å². The number of benzene rings is 1. The van der Waals surface area contributed by atoms with Crippen molar-refractivity contribution >= 4 is 34.8 Å². The van der Waals surface area contributed by atoms with Crippen molar-refractivity contribution in [2.75, 3.05) is 11.9 Å². The topological polar surface area (TPSA) is 108 Å². The lowest BCUT2D eigenvalue weighted by Crippen LogP contribution is -2.29. The van der Waals surface area contributed by atoms with Crippen LogP contribution >= 0.6 is 11.3 Å². The van der Waals surface area contributed by atoms with E-state index in [4.69, 9.17) is 5.11 Å². The maximum absolute atomic E-state index is 12.0. The summed E-state index contributed by atoms with van der Waals surface area (Å²) in [5, 5.41) is 16.4. The highest BCUT2D eigenvalue weighted by Crippen LogP contribution is 2.13. The van der Waals surface area contributed by atoms with Crippen molar-refractivity contribution < 1.29 is 19.5 Å². The Hall–Kier alpha value is -2.74. The molecule has 2 aromatic rings. The number of aryl methyl sites for hydroxylation is 1. The number of rotatable bonds is 7. The van der Waals surface area contributed by atoms with E-state index >= 15 is 0 Å². The number of hydrogen-bond acceptors (Lipinski definition) is 5. The van der Waals surface area contributed by atoms with Crippen LogP contribution in [0.3, 0.4) is 0 Å². The Morgan fingerprint density at radius 2 is 1.92 bits per heavy atom. The van der Waals surface area contributed by atoms with E-state index in [0.29, 0.717) is 11.3 Å². The maximum Gasteiger partial charge on any atom is 0.322 e. The molecule has 3 N–H and O–H groups in total. The van der Waals surface area contributed by atoms with Crippen LogP contribution in [-0.4, -0.2) is 34.4 Å². The Balaban J connectivity index is 1.89. The molecule has 0 saturated carbocycles. The lowest BCUT2D eigenvalue weighted by molar-refractivity contribution is -0.135. The molecular weight excluding hydrogens is 330 g/mol. The standard InChI is InChI=1S/C16H17N3O4S/c1-2-14-19-12(9-24-14)7-13(20)18-11-5-3-10(4-6-11)16(23)17-8-15(21)22/h3-6,9H,2,7-8H2,1H3,(H,17,23)(H,18,20)(H,21,22). The van der Waals surface area contributed by atoms with Crippen LogP contribution in [0.4, 0.5) is 5.69 Å². The van der Waals surface area contributed by atoms with Crippen LogP contribution in [0.2, 0.25) is 0 Å². The third-order valence-electron chi connectivity index (χ3n) is 3.07. The number of nitrogens with one attached hydrogen (secondary N) is 2. The van der Waals surface area contributed by atoms with E-state index in [1.807, 2.05) is 12.3 Å². The van der Waals surface area contributed by atoms with Crippen molar-refractivity contribution in [2.24, 2.45) is 0 Å². The van der Waals surface area contributed by atoms with E-state index in [1.165, 1.54) is 23.5 Å². The van der Waals surface area contributed by atoms with Gasteiger partial charge in [0.25, 0.3) is 5.91 Å². The molecule has 1 aromatic carbocycles. The van der Waals surface area contributed by atoms with Gasteiger partial charge in [0.05, 0.1) is 17.1 Å². The summed E-state index contributed by atoms with van der Waals surface area (Å²) >= 11 is 1.53. The average Bonchev–Trinajstić information content (AvgIpc) is 3.00. The minimum Gasteiger partial charge on any atom is -0.480 e. The zero-order chi connectivity index (χ0) is 17.5. The number of nitrogens with zero attached hydrogens (tertiary/aromatic N) is 1. The molecule has 1 heterocycles. The zero-order valence-electron chi connectivity index (χ0n) is 13.0. The lowest BCUT2D eigenvalue weighted by Gasteiger charge is -2.06. The van der Waals surface area contributed by atoms with Gasteiger partial charge >= 0.3 is 5.97 Å². The average molecular weight is 347 g/mol.